The third kappa shape index (κ3) is 3.66. The van der Waals surface area contributed by atoms with Crippen molar-refractivity contribution in [1.29, 1.82) is 0 Å². The molecule has 2 heterocycles. The highest BCUT2D eigenvalue weighted by Gasteiger charge is 2.17. The van der Waals surface area contributed by atoms with Gasteiger partial charge in [-0.3, -0.25) is 4.79 Å². The van der Waals surface area contributed by atoms with E-state index in [-0.39, 0.29) is 11.9 Å². The van der Waals surface area contributed by atoms with Gasteiger partial charge in [-0.05, 0) is 26.3 Å². The first-order valence-electron chi connectivity index (χ1n) is 7.09. The monoisotopic (exact) mass is 278 g/mol. The Morgan fingerprint density at radius 1 is 1.45 bits per heavy atom. The van der Waals surface area contributed by atoms with Gasteiger partial charge in [0.1, 0.15) is 5.69 Å². The molecule has 1 saturated heterocycles. The first-order chi connectivity index (χ1) is 9.60. The number of aromatic nitrogens is 2. The maximum Gasteiger partial charge on any atom is 0.270 e. The molecule has 20 heavy (non-hydrogen) atoms. The molecule has 1 aromatic rings. The summed E-state index contributed by atoms with van der Waals surface area (Å²) in [6.07, 6.45) is 0.895. The highest BCUT2D eigenvalue weighted by Crippen LogP contribution is 2.12. The number of nitrogens with one attached hydrogen (secondary N) is 1. The zero-order valence-electron chi connectivity index (χ0n) is 12.3. The second-order valence-corrected chi connectivity index (χ2v) is 5.08. The number of rotatable bonds is 4. The van der Waals surface area contributed by atoms with E-state index in [1.165, 1.54) is 0 Å². The van der Waals surface area contributed by atoms with Crippen molar-refractivity contribution in [2.24, 2.45) is 0 Å². The summed E-state index contributed by atoms with van der Waals surface area (Å²) < 4.78 is 5.32. The van der Waals surface area contributed by atoms with Crippen LogP contribution in [0.2, 0.25) is 0 Å². The van der Waals surface area contributed by atoms with Crippen LogP contribution in [0.15, 0.2) is 6.07 Å². The van der Waals surface area contributed by atoms with Gasteiger partial charge in [-0.2, -0.15) is 0 Å². The molecule has 1 amide bonds. The Bertz CT molecular complexity index is 472. The number of amides is 1. The van der Waals surface area contributed by atoms with E-state index in [0.29, 0.717) is 24.9 Å². The minimum atomic E-state index is -0.139. The number of hydrogen-bond donors (Lipinski definition) is 1. The van der Waals surface area contributed by atoms with Gasteiger partial charge in [-0.1, -0.05) is 6.92 Å². The highest BCUT2D eigenvalue weighted by atomic mass is 16.5. The lowest BCUT2D eigenvalue weighted by Crippen LogP contribution is -2.38. The Labute approximate surface area is 119 Å². The molecule has 1 aliphatic rings. The normalized spacial score (nSPS) is 16.9. The van der Waals surface area contributed by atoms with Crippen molar-refractivity contribution in [2.45, 2.75) is 33.2 Å². The summed E-state index contributed by atoms with van der Waals surface area (Å²) in [5.41, 5.74) is 1.23. The summed E-state index contributed by atoms with van der Waals surface area (Å²) in [5.74, 6) is 0.474. The largest absolute Gasteiger partial charge is 0.378 e. The molecule has 1 fully saturated rings. The Morgan fingerprint density at radius 2 is 2.15 bits per heavy atom. The van der Waals surface area contributed by atoms with E-state index in [4.69, 9.17) is 4.74 Å². The number of hydrogen-bond acceptors (Lipinski definition) is 5. The number of ether oxygens (including phenoxy) is 1. The number of nitrogens with zero attached hydrogens (tertiary/aromatic N) is 3. The van der Waals surface area contributed by atoms with Gasteiger partial charge in [-0.25, -0.2) is 9.97 Å². The second kappa shape index (κ2) is 6.65. The van der Waals surface area contributed by atoms with Crippen molar-refractivity contribution in [3.05, 3.63) is 17.5 Å². The molecule has 6 heteroatoms. The lowest BCUT2D eigenvalue weighted by molar-refractivity contribution is 0.0934. The molecule has 6 nitrogen and oxygen atoms in total. The van der Waals surface area contributed by atoms with Crippen molar-refractivity contribution in [1.82, 2.24) is 15.3 Å². The molecule has 2 rings (SSSR count). The van der Waals surface area contributed by atoms with E-state index in [2.05, 4.69) is 20.2 Å². The van der Waals surface area contributed by atoms with Gasteiger partial charge in [0, 0.05) is 24.8 Å². The molecule has 1 N–H and O–H groups in total. The van der Waals surface area contributed by atoms with Gasteiger partial charge < -0.3 is 15.0 Å². The molecule has 0 bridgehead atoms. The number of carbonyl (C=O) groups is 1. The van der Waals surface area contributed by atoms with E-state index < -0.39 is 0 Å². The summed E-state index contributed by atoms with van der Waals surface area (Å²) in [7, 11) is 0. The van der Waals surface area contributed by atoms with Crippen LogP contribution in [0.5, 0.6) is 0 Å². The first-order valence-corrected chi connectivity index (χ1v) is 7.09. The summed E-state index contributed by atoms with van der Waals surface area (Å²) in [6.45, 7) is 8.76. The molecule has 1 atom stereocenters. The smallest absolute Gasteiger partial charge is 0.270 e. The first kappa shape index (κ1) is 14.7. The number of carbonyl (C=O) groups excluding carboxylic acids is 1. The van der Waals surface area contributed by atoms with Gasteiger partial charge in [0.05, 0.1) is 13.2 Å². The fraction of sp³-hybridized carbons (Fsp3) is 0.643. The SMILES string of the molecule is CC[C@@H](C)NC(=O)c1cc(C)nc(N2CCOCC2)n1. The summed E-state index contributed by atoms with van der Waals surface area (Å²) in [6, 6.07) is 1.87. The zero-order chi connectivity index (χ0) is 14.5. The molecular weight excluding hydrogens is 256 g/mol. The highest BCUT2D eigenvalue weighted by molar-refractivity contribution is 5.92. The molecule has 110 valence electrons. The molecule has 1 aromatic heterocycles. The van der Waals surface area contributed by atoms with Gasteiger partial charge in [0.15, 0.2) is 0 Å². The number of anilines is 1. The molecule has 0 unspecified atom stereocenters. The molecule has 0 aliphatic carbocycles. The third-order valence-electron chi connectivity index (χ3n) is 3.36. The van der Waals surface area contributed by atoms with Crippen LogP contribution in [0.1, 0.15) is 36.5 Å². The maximum absolute atomic E-state index is 12.2. The molecular formula is C14H22N4O2. The summed E-state index contributed by atoms with van der Waals surface area (Å²) >= 11 is 0. The van der Waals surface area contributed by atoms with Crippen molar-refractivity contribution in [3.63, 3.8) is 0 Å². The predicted octanol–water partition coefficient (Wildman–Crippen LogP) is 1.15. The van der Waals surface area contributed by atoms with Gasteiger partial charge in [0.25, 0.3) is 5.91 Å². The molecule has 0 saturated carbocycles. The van der Waals surface area contributed by atoms with Crippen molar-refractivity contribution < 1.29 is 9.53 Å². The minimum Gasteiger partial charge on any atom is -0.378 e. The molecule has 0 spiro atoms. The molecule has 1 aliphatic heterocycles. The lowest BCUT2D eigenvalue weighted by atomic mass is 10.2. The average molecular weight is 278 g/mol. The van der Waals surface area contributed by atoms with Gasteiger partial charge >= 0.3 is 0 Å². The second-order valence-electron chi connectivity index (χ2n) is 5.08. The van der Waals surface area contributed by atoms with Crippen LogP contribution >= 0.6 is 0 Å². The van der Waals surface area contributed by atoms with Crippen LogP contribution in [-0.2, 0) is 4.74 Å². The Morgan fingerprint density at radius 3 is 2.80 bits per heavy atom. The van der Waals surface area contributed by atoms with Crippen LogP contribution in [-0.4, -0.2) is 48.2 Å². The molecule has 0 aromatic carbocycles. The van der Waals surface area contributed by atoms with Gasteiger partial charge in [-0.15, -0.1) is 0 Å². The van der Waals surface area contributed by atoms with Crippen LogP contribution in [0, 0.1) is 6.92 Å². The van der Waals surface area contributed by atoms with Crippen molar-refractivity contribution >= 4 is 11.9 Å². The topological polar surface area (TPSA) is 67.4 Å². The Balaban J connectivity index is 2.17. The van der Waals surface area contributed by atoms with Crippen molar-refractivity contribution in [2.75, 3.05) is 31.2 Å². The van der Waals surface area contributed by atoms with E-state index in [1.54, 1.807) is 6.07 Å². The average Bonchev–Trinajstić information content (AvgIpc) is 2.47. The van der Waals surface area contributed by atoms with Crippen LogP contribution in [0.3, 0.4) is 0 Å². The number of aryl methyl sites for hydroxylation is 1. The van der Waals surface area contributed by atoms with Crippen LogP contribution < -0.4 is 10.2 Å². The van der Waals surface area contributed by atoms with Gasteiger partial charge in [0.2, 0.25) is 5.95 Å². The lowest BCUT2D eigenvalue weighted by Gasteiger charge is -2.27. The third-order valence-corrected chi connectivity index (χ3v) is 3.36. The van der Waals surface area contributed by atoms with Crippen LogP contribution in [0.4, 0.5) is 5.95 Å². The fourth-order valence-electron chi connectivity index (χ4n) is 1.97. The molecule has 0 radical (unpaired) electrons. The van der Waals surface area contributed by atoms with Crippen molar-refractivity contribution in [3.8, 4) is 0 Å². The quantitative estimate of drug-likeness (QED) is 0.895. The maximum atomic E-state index is 12.2. The van der Waals surface area contributed by atoms with E-state index in [0.717, 1.165) is 25.2 Å². The fourth-order valence-corrected chi connectivity index (χ4v) is 1.97. The summed E-state index contributed by atoms with van der Waals surface area (Å²) in [5, 5.41) is 2.93. The van der Waals surface area contributed by atoms with E-state index >= 15 is 0 Å². The summed E-state index contributed by atoms with van der Waals surface area (Å²) in [4.78, 5) is 23.0. The number of morpholine rings is 1. The van der Waals surface area contributed by atoms with E-state index in [1.807, 2.05) is 20.8 Å². The Hall–Kier alpha value is -1.69. The van der Waals surface area contributed by atoms with Crippen LogP contribution in [0.25, 0.3) is 0 Å². The van der Waals surface area contributed by atoms with E-state index in [9.17, 15) is 4.79 Å². The zero-order valence-corrected chi connectivity index (χ0v) is 12.3. The Kier molecular flexibility index (Phi) is 4.89. The standard InChI is InChI=1S/C14H22N4O2/c1-4-10(2)15-13(19)12-9-11(3)16-14(17-12)18-5-7-20-8-6-18/h9-10H,4-8H2,1-3H3,(H,15,19)/t10-/m1/s1. The predicted molar refractivity (Wildman–Crippen MR) is 77.0 cm³/mol. The minimum absolute atomic E-state index is 0.139.